The lowest BCUT2D eigenvalue weighted by atomic mass is 10.0. The number of para-hydroxylation sites is 1. The number of carboxylic acid groups (broad SMARTS) is 1. The van der Waals surface area contributed by atoms with Crippen molar-refractivity contribution in [1.29, 1.82) is 0 Å². The third-order valence-corrected chi connectivity index (χ3v) is 3.89. The van der Waals surface area contributed by atoms with E-state index < -0.39 is 12.1 Å². The van der Waals surface area contributed by atoms with Crippen molar-refractivity contribution in [2.75, 3.05) is 11.9 Å². The van der Waals surface area contributed by atoms with Crippen molar-refractivity contribution in [1.82, 2.24) is 15.0 Å². The van der Waals surface area contributed by atoms with Crippen LogP contribution in [0.2, 0.25) is 0 Å². The number of nitrogens with zero attached hydrogens (tertiary/aromatic N) is 3. The predicted molar refractivity (Wildman–Crippen MR) is 84.4 cm³/mol. The molecule has 1 saturated heterocycles. The van der Waals surface area contributed by atoms with Crippen molar-refractivity contribution in [2.24, 2.45) is 0 Å². The predicted octanol–water partition coefficient (Wildman–Crippen LogP) is 2.46. The van der Waals surface area contributed by atoms with Gasteiger partial charge in [0, 0.05) is 12.2 Å². The molecular formula is C16H18N4O4. The Bertz CT molecular complexity index is 716. The van der Waals surface area contributed by atoms with Crippen molar-refractivity contribution in [3.05, 3.63) is 42.0 Å². The second kappa shape index (κ2) is 7.12. The van der Waals surface area contributed by atoms with Gasteiger partial charge in [0.2, 0.25) is 11.8 Å². The number of aromatic nitrogens is 2. The number of benzene rings is 1. The van der Waals surface area contributed by atoms with Gasteiger partial charge in [0.05, 0.1) is 6.42 Å². The molecule has 1 fully saturated rings. The highest BCUT2D eigenvalue weighted by molar-refractivity contribution is 5.91. The van der Waals surface area contributed by atoms with E-state index in [4.69, 9.17) is 4.52 Å². The van der Waals surface area contributed by atoms with E-state index in [9.17, 15) is 14.7 Å². The minimum atomic E-state index is -0.999. The lowest BCUT2D eigenvalue weighted by Gasteiger charge is -2.30. The normalized spacial score (nSPS) is 17.5. The number of likely N-dealkylation sites (tertiary alicyclic amines) is 1. The first-order chi connectivity index (χ1) is 11.6. The van der Waals surface area contributed by atoms with Gasteiger partial charge in [0.15, 0.2) is 5.82 Å². The number of hydrogen-bond donors (Lipinski definition) is 2. The molecule has 24 heavy (non-hydrogen) atoms. The Kier molecular flexibility index (Phi) is 4.74. The van der Waals surface area contributed by atoms with Crippen LogP contribution in [-0.2, 0) is 11.2 Å². The van der Waals surface area contributed by atoms with E-state index in [1.54, 1.807) is 12.1 Å². The van der Waals surface area contributed by atoms with Crippen LogP contribution in [-0.4, -0.2) is 38.7 Å². The lowest BCUT2D eigenvalue weighted by molar-refractivity contribution is -0.115. The smallest absolute Gasteiger partial charge is 0.407 e. The van der Waals surface area contributed by atoms with E-state index in [1.807, 2.05) is 18.2 Å². The zero-order valence-corrected chi connectivity index (χ0v) is 13.0. The first-order valence-corrected chi connectivity index (χ1v) is 7.80. The van der Waals surface area contributed by atoms with Crippen LogP contribution in [0.15, 0.2) is 34.9 Å². The summed E-state index contributed by atoms with van der Waals surface area (Å²) in [5, 5.41) is 15.8. The SMILES string of the molecule is O=C(Cc1noc(C2CCCCN2C(=O)O)n1)Nc1ccccc1. The quantitative estimate of drug-likeness (QED) is 0.891. The van der Waals surface area contributed by atoms with E-state index in [-0.39, 0.29) is 24.0 Å². The lowest BCUT2D eigenvalue weighted by Crippen LogP contribution is -2.37. The molecule has 1 aromatic carbocycles. The molecule has 1 aliphatic rings. The zero-order valence-electron chi connectivity index (χ0n) is 13.0. The molecule has 2 N–H and O–H groups in total. The van der Waals surface area contributed by atoms with E-state index in [1.165, 1.54) is 4.90 Å². The number of rotatable bonds is 4. The fourth-order valence-electron chi connectivity index (χ4n) is 2.76. The van der Waals surface area contributed by atoms with Crippen LogP contribution < -0.4 is 5.32 Å². The van der Waals surface area contributed by atoms with Crippen LogP contribution in [0.1, 0.15) is 37.0 Å². The molecule has 8 heteroatoms. The molecule has 0 spiro atoms. The summed E-state index contributed by atoms with van der Waals surface area (Å²) in [7, 11) is 0. The number of anilines is 1. The van der Waals surface area contributed by atoms with Crippen LogP contribution >= 0.6 is 0 Å². The van der Waals surface area contributed by atoms with Crippen molar-refractivity contribution in [3.63, 3.8) is 0 Å². The Balaban J connectivity index is 1.64. The third-order valence-electron chi connectivity index (χ3n) is 3.89. The Hall–Kier alpha value is -2.90. The average molecular weight is 330 g/mol. The number of nitrogens with one attached hydrogen (secondary N) is 1. The molecule has 3 rings (SSSR count). The largest absolute Gasteiger partial charge is 0.465 e. The minimum Gasteiger partial charge on any atom is -0.465 e. The summed E-state index contributed by atoms with van der Waals surface area (Å²) in [6, 6.07) is 8.64. The molecule has 0 saturated carbocycles. The average Bonchev–Trinajstić information content (AvgIpc) is 3.04. The summed E-state index contributed by atoms with van der Waals surface area (Å²) in [6.45, 7) is 0.451. The molecule has 2 heterocycles. The Morgan fingerprint density at radius 1 is 1.29 bits per heavy atom. The van der Waals surface area contributed by atoms with E-state index in [0.717, 1.165) is 12.8 Å². The maximum atomic E-state index is 12.0. The van der Waals surface area contributed by atoms with Gasteiger partial charge in [-0.1, -0.05) is 23.4 Å². The summed E-state index contributed by atoms with van der Waals surface area (Å²) in [5.41, 5.74) is 0.690. The number of hydrogen-bond acceptors (Lipinski definition) is 5. The maximum Gasteiger partial charge on any atom is 0.407 e. The minimum absolute atomic E-state index is 0.0296. The number of carbonyl (C=O) groups is 2. The maximum absolute atomic E-state index is 12.0. The number of piperidine rings is 1. The second-order valence-electron chi connectivity index (χ2n) is 5.63. The summed E-state index contributed by atoms with van der Waals surface area (Å²) in [4.78, 5) is 28.8. The molecule has 2 amide bonds. The Labute approximate surface area is 138 Å². The molecule has 126 valence electrons. The first-order valence-electron chi connectivity index (χ1n) is 7.80. The van der Waals surface area contributed by atoms with Gasteiger partial charge in [-0.25, -0.2) is 4.79 Å². The summed E-state index contributed by atoms with van der Waals surface area (Å²) < 4.78 is 5.19. The molecule has 1 aromatic heterocycles. The van der Waals surface area contributed by atoms with Crippen molar-refractivity contribution >= 4 is 17.7 Å². The van der Waals surface area contributed by atoms with Crippen LogP contribution in [0.4, 0.5) is 10.5 Å². The highest BCUT2D eigenvalue weighted by Crippen LogP contribution is 2.29. The molecule has 2 aromatic rings. The standard InChI is InChI=1S/C16H18N4O4/c21-14(17-11-6-2-1-3-7-11)10-13-18-15(24-19-13)12-8-4-5-9-20(12)16(22)23/h1-3,6-7,12H,4-5,8-10H2,(H,17,21)(H,22,23). The van der Waals surface area contributed by atoms with Crippen molar-refractivity contribution in [2.45, 2.75) is 31.7 Å². The summed E-state index contributed by atoms with van der Waals surface area (Å²) in [6.07, 6.45) is 1.34. The highest BCUT2D eigenvalue weighted by Gasteiger charge is 2.32. The van der Waals surface area contributed by atoms with Gasteiger partial charge in [-0.05, 0) is 31.4 Å². The van der Waals surface area contributed by atoms with E-state index in [0.29, 0.717) is 18.7 Å². The van der Waals surface area contributed by atoms with Gasteiger partial charge < -0.3 is 14.9 Å². The fourth-order valence-corrected chi connectivity index (χ4v) is 2.76. The summed E-state index contributed by atoms with van der Waals surface area (Å²) >= 11 is 0. The van der Waals surface area contributed by atoms with Crippen LogP contribution in [0.25, 0.3) is 0 Å². The molecule has 1 aliphatic heterocycles. The molecule has 0 radical (unpaired) electrons. The van der Waals surface area contributed by atoms with Crippen molar-refractivity contribution < 1.29 is 19.2 Å². The monoisotopic (exact) mass is 330 g/mol. The van der Waals surface area contributed by atoms with Gasteiger partial charge in [0.1, 0.15) is 6.04 Å². The van der Waals surface area contributed by atoms with Gasteiger partial charge in [0.25, 0.3) is 0 Å². The van der Waals surface area contributed by atoms with Crippen LogP contribution in [0.5, 0.6) is 0 Å². The van der Waals surface area contributed by atoms with E-state index >= 15 is 0 Å². The first kappa shape index (κ1) is 16.0. The van der Waals surface area contributed by atoms with Crippen molar-refractivity contribution in [3.8, 4) is 0 Å². The van der Waals surface area contributed by atoms with E-state index in [2.05, 4.69) is 15.5 Å². The molecule has 8 nitrogen and oxygen atoms in total. The molecule has 1 unspecified atom stereocenters. The molecular weight excluding hydrogens is 312 g/mol. The van der Waals surface area contributed by atoms with Gasteiger partial charge in [-0.3, -0.25) is 9.69 Å². The Morgan fingerprint density at radius 3 is 2.83 bits per heavy atom. The summed E-state index contributed by atoms with van der Waals surface area (Å²) in [5.74, 6) is 0.237. The third kappa shape index (κ3) is 3.70. The second-order valence-corrected chi connectivity index (χ2v) is 5.63. The fraction of sp³-hybridized carbons (Fsp3) is 0.375. The zero-order chi connectivity index (χ0) is 16.9. The topological polar surface area (TPSA) is 109 Å². The van der Waals surface area contributed by atoms with Crippen LogP contribution in [0.3, 0.4) is 0 Å². The van der Waals surface area contributed by atoms with Crippen LogP contribution in [0, 0.1) is 0 Å². The molecule has 0 aliphatic carbocycles. The van der Waals surface area contributed by atoms with Gasteiger partial charge >= 0.3 is 6.09 Å². The Morgan fingerprint density at radius 2 is 2.08 bits per heavy atom. The molecule has 0 bridgehead atoms. The molecule has 1 atom stereocenters. The number of carbonyl (C=O) groups excluding carboxylic acids is 1. The highest BCUT2D eigenvalue weighted by atomic mass is 16.5. The number of amides is 2. The van der Waals surface area contributed by atoms with Gasteiger partial charge in [-0.15, -0.1) is 0 Å². The van der Waals surface area contributed by atoms with Gasteiger partial charge in [-0.2, -0.15) is 4.98 Å².